The summed E-state index contributed by atoms with van der Waals surface area (Å²) in [6.07, 6.45) is 13.4. The molecule has 4 heteroatoms. The molecule has 0 N–H and O–H groups in total. The zero-order valence-corrected chi connectivity index (χ0v) is 16.7. The highest BCUT2D eigenvalue weighted by molar-refractivity contribution is 7.15. The van der Waals surface area contributed by atoms with E-state index >= 15 is 0 Å². The molecule has 0 atom stereocenters. The van der Waals surface area contributed by atoms with Crippen molar-refractivity contribution in [3.63, 3.8) is 0 Å². The van der Waals surface area contributed by atoms with Crippen LogP contribution in [0.4, 0.5) is 0 Å². The smallest absolute Gasteiger partial charge is 0.160 e. The van der Waals surface area contributed by atoms with Gasteiger partial charge in [-0.2, -0.15) is 0 Å². The van der Waals surface area contributed by atoms with Gasteiger partial charge in [-0.3, -0.25) is 9.59 Å². The van der Waals surface area contributed by atoms with E-state index in [0.717, 1.165) is 28.7 Å². The minimum absolute atomic E-state index is 0.317. The van der Waals surface area contributed by atoms with Gasteiger partial charge in [0.05, 0.1) is 9.75 Å². The van der Waals surface area contributed by atoms with Gasteiger partial charge in [-0.15, -0.1) is 22.7 Å². The molecule has 0 aliphatic carbocycles. The predicted octanol–water partition coefficient (Wildman–Crippen LogP) is 7.10. The van der Waals surface area contributed by atoms with Crippen LogP contribution in [0.1, 0.15) is 99.7 Å². The first kappa shape index (κ1) is 20.1. The van der Waals surface area contributed by atoms with Crippen LogP contribution in [-0.2, 0) is 0 Å². The van der Waals surface area contributed by atoms with Gasteiger partial charge in [-0.05, 0) is 30.7 Å². The lowest BCUT2D eigenvalue weighted by Crippen LogP contribution is -1.97. The summed E-state index contributed by atoms with van der Waals surface area (Å²) in [5.41, 5.74) is 0. The van der Waals surface area contributed by atoms with Crippen molar-refractivity contribution in [3.05, 3.63) is 43.8 Å². The summed E-state index contributed by atoms with van der Waals surface area (Å²) in [5.74, 6) is 0.317. The molecular weight excluding hydrogens is 348 g/mol. The van der Waals surface area contributed by atoms with Crippen molar-refractivity contribution in [3.8, 4) is 0 Å². The van der Waals surface area contributed by atoms with Gasteiger partial charge in [0, 0.05) is 15.7 Å². The van der Waals surface area contributed by atoms with Crippen LogP contribution >= 0.6 is 22.7 Å². The molecule has 2 heterocycles. The van der Waals surface area contributed by atoms with Gasteiger partial charge in [-0.25, -0.2) is 0 Å². The van der Waals surface area contributed by atoms with Crippen LogP contribution in [0.5, 0.6) is 0 Å². The summed E-state index contributed by atoms with van der Waals surface area (Å²) >= 11 is 3.16. The lowest BCUT2D eigenvalue weighted by Gasteiger charge is -2.14. The van der Waals surface area contributed by atoms with Crippen LogP contribution in [0.15, 0.2) is 24.3 Å². The average Bonchev–Trinajstić information content (AvgIpc) is 3.30. The van der Waals surface area contributed by atoms with E-state index in [1.807, 2.05) is 12.1 Å². The van der Waals surface area contributed by atoms with Crippen LogP contribution < -0.4 is 0 Å². The molecule has 0 saturated heterocycles. The summed E-state index contributed by atoms with van der Waals surface area (Å²) in [6.45, 7) is 2.25. The fourth-order valence-corrected chi connectivity index (χ4v) is 5.18. The molecule has 0 aliphatic rings. The van der Waals surface area contributed by atoms with Gasteiger partial charge in [0.15, 0.2) is 12.6 Å². The molecule has 2 rings (SSSR count). The third-order valence-electron chi connectivity index (χ3n) is 4.56. The number of hydrogen-bond donors (Lipinski definition) is 0. The Morgan fingerprint density at radius 3 is 1.68 bits per heavy atom. The Kier molecular flexibility index (Phi) is 9.12. The van der Waals surface area contributed by atoms with Crippen LogP contribution in [0.2, 0.25) is 0 Å². The molecule has 0 radical (unpaired) electrons. The zero-order valence-electron chi connectivity index (χ0n) is 15.0. The van der Waals surface area contributed by atoms with Gasteiger partial charge in [-0.1, -0.05) is 58.3 Å². The Bertz CT molecular complexity index is 596. The van der Waals surface area contributed by atoms with Crippen molar-refractivity contribution in [2.75, 3.05) is 0 Å². The van der Waals surface area contributed by atoms with E-state index in [9.17, 15) is 9.59 Å². The highest BCUT2D eigenvalue weighted by Gasteiger charge is 2.18. The topological polar surface area (TPSA) is 34.1 Å². The van der Waals surface area contributed by atoms with Gasteiger partial charge in [0.25, 0.3) is 0 Å². The molecule has 0 spiro atoms. The molecule has 0 bridgehead atoms. The maximum atomic E-state index is 11.0. The Balaban J connectivity index is 1.89. The number of carbonyl (C=O) groups is 2. The van der Waals surface area contributed by atoms with Crippen molar-refractivity contribution < 1.29 is 9.59 Å². The molecule has 136 valence electrons. The van der Waals surface area contributed by atoms with Crippen molar-refractivity contribution in [2.45, 2.75) is 70.6 Å². The molecule has 0 amide bonds. The van der Waals surface area contributed by atoms with E-state index in [-0.39, 0.29) is 0 Å². The van der Waals surface area contributed by atoms with E-state index in [0.29, 0.717) is 5.92 Å². The number of rotatable bonds is 13. The molecule has 0 unspecified atom stereocenters. The lowest BCUT2D eigenvalue weighted by molar-refractivity contribution is 0.111. The summed E-state index contributed by atoms with van der Waals surface area (Å²) in [7, 11) is 0. The third kappa shape index (κ3) is 6.52. The Morgan fingerprint density at radius 1 is 0.760 bits per heavy atom. The predicted molar refractivity (Wildman–Crippen MR) is 108 cm³/mol. The SMILES string of the molecule is CCCCCCCCCCC(c1ccc(C=O)s1)c1ccc(C=O)s1. The quantitative estimate of drug-likeness (QED) is 0.276. The molecule has 25 heavy (non-hydrogen) atoms. The Labute approximate surface area is 159 Å². The van der Waals surface area contributed by atoms with Crippen LogP contribution in [0.25, 0.3) is 0 Å². The highest BCUT2D eigenvalue weighted by Crippen LogP contribution is 2.37. The van der Waals surface area contributed by atoms with Crippen LogP contribution in [0, 0.1) is 0 Å². The van der Waals surface area contributed by atoms with Gasteiger partial charge in [0.2, 0.25) is 0 Å². The Morgan fingerprint density at radius 2 is 1.24 bits per heavy atom. The van der Waals surface area contributed by atoms with Gasteiger partial charge < -0.3 is 0 Å². The van der Waals surface area contributed by atoms with Crippen molar-refractivity contribution in [1.82, 2.24) is 0 Å². The van der Waals surface area contributed by atoms with Gasteiger partial charge in [0.1, 0.15) is 0 Å². The highest BCUT2D eigenvalue weighted by atomic mass is 32.1. The molecule has 0 fully saturated rings. The van der Waals surface area contributed by atoms with Crippen molar-refractivity contribution in [2.24, 2.45) is 0 Å². The van der Waals surface area contributed by atoms with Crippen molar-refractivity contribution in [1.29, 1.82) is 0 Å². The molecule has 0 aliphatic heterocycles. The minimum atomic E-state index is 0.317. The average molecular weight is 377 g/mol. The first-order valence-electron chi connectivity index (χ1n) is 9.38. The third-order valence-corrected chi connectivity index (χ3v) is 6.81. The summed E-state index contributed by atoms with van der Waals surface area (Å²) in [4.78, 5) is 26.0. The normalized spacial score (nSPS) is 11.1. The molecule has 0 saturated carbocycles. The van der Waals surface area contributed by atoms with Crippen molar-refractivity contribution >= 4 is 35.2 Å². The maximum Gasteiger partial charge on any atom is 0.160 e. The molecule has 2 aromatic rings. The van der Waals surface area contributed by atoms with Crippen LogP contribution in [0.3, 0.4) is 0 Å². The minimum Gasteiger partial charge on any atom is -0.297 e. The van der Waals surface area contributed by atoms with E-state index in [2.05, 4.69) is 19.1 Å². The molecule has 0 aromatic carbocycles. The fourth-order valence-electron chi connectivity index (χ4n) is 3.15. The van der Waals surface area contributed by atoms with E-state index in [1.54, 1.807) is 22.7 Å². The summed E-state index contributed by atoms with van der Waals surface area (Å²) < 4.78 is 0. The number of hydrogen-bond acceptors (Lipinski definition) is 4. The molecule has 2 nitrogen and oxygen atoms in total. The van der Waals surface area contributed by atoms with E-state index in [4.69, 9.17) is 0 Å². The molecular formula is C21H28O2S2. The number of aldehydes is 2. The van der Waals surface area contributed by atoms with Gasteiger partial charge >= 0.3 is 0 Å². The second-order valence-corrected chi connectivity index (χ2v) is 8.83. The van der Waals surface area contributed by atoms with E-state index < -0.39 is 0 Å². The first-order chi connectivity index (χ1) is 12.3. The standard InChI is InChI=1S/C21H28O2S2/c1-2-3-4-5-6-7-8-9-10-19(20-13-11-17(15-22)24-20)21-14-12-18(16-23)25-21/h11-16,19H,2-10H2,1H3. The number of carbonyl (C=O) groups excluding carboxylic acids is 2. The Hall–Kier alpha value is -1.26. The lowest BCUT2D eigenvalue weighted by atomic mass is 9.97. The molecule has 2 aromatic heterocycles. The first-order valence-corrected chi connectivity index (χ1v) is 11.0. The summed E-state index contributed by atoms with van der Waals surface area (Å²) in [6, 6.07) is 7.96. The fraction of sp³-hybridized carbons (Fsp3) is 0.524. The second-order valence-electron chi connectivity index (χ2n) is 6.53. The second kappa shape index (κ2) is 11.4. The van der Waals surface area contributed by atoms with Crippen LogP contribution in [-0.4, -0.2) is 12.6 Å². The maximum absolute atomic E-state index is 11.0. The largest absolute Gasteiger partial charge is 0.297 e. The summed E-state index contributed by atoms with van der Waals surface area (Å²) in [5, 5.41) is 0. The zero-order chi connectivity index (χ0) is 17.9. The number of unbranched alkanes of at least 4 members (excludes halogenated alkanes) is 7. The van der Waals surface area contributed by atoms with E-state index in [1.165, 1.54) is 61.1 Å². The monoisotopic (exact) mass is 376 g/mol. The number of thiophene rings is 2.